The first kappa shape index (κ1) is 24.1. The Morgan fingerprint density at radius 2 is 1.91 bits per heavy atom. The van der Waals surface area contributed by atoms with Gasteiger partial charge in [-0.05, 0) is 48.7 Å². The quantitative estimate of drug-likeness (QED) is 0.315. The molecule has 1 saturated heterocycles. The molecule has 1 aromatic carbocycles. The average Bonchev–Trinajstić information content (AvgIpc) is 3.21. The van der Waals surface area contributed by atoms with Gasteiger partial charge in [0.15, 0.2) is 0 Å². The lowest BCUT2D eigenvalue weighted by molar-refractivity contribution is -0.0964. The number of carbonyl (C=O) groups is 1. The fraction of sp³-hybridized carbons (Fsp3) is 0.261. The van der Waals surface area contributed by atoms with E-state index in [1.807, 2.05) is 0 Å². The zero-order valence-electron chi connectivity index (χ0n) is 17.9. The fourth-order valence-electron chi connectivity index (χ4n) is 3.71. The third-order valence-corrected chi connectivity index (χ3v) is 5.67. The van der Waals surface area contributed by atoms with Gasteiger partial charge in [0.2, 0.25) is 0 Å². The number of rotatable bonds is 6. The van der Waals surface area contributed by atoms with Crippen molar-refractivity contribution in [2.24, 2.45) is 5.92 Å². The lowest BCUT2D eigenvalue weighted by atomic mass is 10.1. The molecule has 1 aliphatic rings. The van der Waals surface area contributed by atoms with Gasteiger partial charge in [-0.1, -0.05) is 18.5 Å². The molecule has 1 fully saturated rings. The van der Waals surface area contributed by atoms with Gasteiger partial charge in [0, 0.05) is 47.7 Å². The summed E-state index contributed by atoms with van der Waals surface area (Å²) < 4.78 is 43.8. The first-order chi connectivity index (χ1) is 16.1. The number of hydrogen-bond acceptors (Lipinski definition) is 5. The van der Waals surface area contributed by atoms with Crippen LogP contribution in [0.2, 0.25) is 5.15 Å². The number of halogens is 5. The average molecular weight is 511 g/mol. The number of aromatic nitrogens is 2. The fourth-order valence-corrected chi connectivity index (χ4v) is 4.01. The van der Waals surface area contributed by atoms with Gasteiger partial charge in [0.25, 0.3) is 5.91 Å². The Morgan fingerprint density at radius 3 is 2.56 bits per heavy atom. The van der Waals surface area contributed by atoms with Crippen molar-refractivity contribution in [2.75, 3.05) is 23.3 Å². The van der Waals surface area contributed by atoms with Crippen LogP contribution in [0.4, 0.5) is 24.7 Å². The summed E-state index contributed by atoms with van der Waals surface area (Å²) in [6.07, 6.45) is 3.41. The maximum absolute atomic E-state index is 14.0. The molecule has 0 aliphatic carbocycles. The minimum absolute atomic E-state index is 0.0842. The number of pyridine rings is 2. The molecule has 1 amide bonds. The third-order valence-electron chi connectivity index (χ3n) is 5.29. The zero-order valence-corrected chi connectivity index (χ0v) is 19.4. The van der Waals surface area contributed by atoms with Gasteiger partial charge in [-0.2, -0.15) is 0 Å². The molecular formula is C23H19Cl2F3N4O2. The van der Waals surface area contributed by atoms with E-state index in [-0.39, 0.29) is 16.5 Å². The molecule has 0 unspecified atom stereocenters. The second kappa shape index (κ2) is 9.68. The summed E-state index contributed by atoms with van der Waals surface area (Å²) in [5, 5.41) is 2.74. The highest BCUT2D eigenvalue weighted by Crippen LogP contribution is 2.36. The molecule has 0 bridgehead atoms. The van der Waals surface area contributed by atoms with Crippen molar-refractivity contribution in [1.29, 1.82) is 0 Å². The maximum atomic E-state index is 14.0. The van der Waals surface area contributed by atoms with E-state index in [1.54, 1.807) is 6.07 Å². The van der Waals surface area contributed by atoms with Crippen LogP contribution >= 0.6 is 23.2 Å². The second-order valence-electron chi connectivity index (χ2n) is 7.95. The normalized spacial score (nSPS) is 15.9. The molecule has 0 radical (unpaired) electrons. The van der Waals surface area contributed by atoms with Crippen molar-refractivity contribution in [3.8, 4) is 16.9 Å². The molecule has 4 rings (SSSR count). The number of anilines is 2. The smallest absolute Gasteiger partial charge is 0.420 e. The monoisotopic (exact) mass is 510 g/mol. The molecule has 1 atom stereocenters. The van der Waals surface area contributed by atoms with Crippen LogP contribution in [-0.2, 0) is 0 Å². The van der Waals surface area contributed by atoms with E-state index in [4.69, 9.17) is 23.2 Å². The number of ether oxygens (including phenoxy) is 1. The standard InChI is InChI=1S/C23H19Cl2F3N4O2/c1-13-6-7-32(12-13)21-19(18-9-15(26)11-29-20(18)24)8-14(10-30-21)22(33)31-16-2-4-17(5-3-16)34-23(25,27)28/h2-5,8-11,13H,6-7,12H2,1H3,(H,31,33)/t13-/m1/s1. The van der Waals surface area contributed by atoms with E-state index in [2.05, 4.69) is 31.8 Å². The largest absolute Gasteiger partial charge is 0.487 e. The van der Waals surface area contributed by atoms with Crippen LogP contribution in [-0.4, -0.2) is 34.5 Å². The predicted octanol–water partition coefficient (Wildman–Crippen LogP) is 6.20. The summed E-state index contributed by atoms with van der Waals surface area (Å²) in [4.78, 5) is 23.3. The number of nitrogens with zero attached hydrogens (tertiary/aromatic N) is 3. The Morgan fingerprint density at radius 1 is 1.18 bits per heavy atom. The van der Waals surface area contributed by atoms with Crippen LogP contribution in [0.1, 0.15) is 23.7 Å². The minimum atomic E-state index is -3.84. The Hall–Kier alpha value is -3.04. The molecule has 0 saturated carbocycles. The van der Waals surface area contributed by atoms with Gasteiger partial charge in [-0.15, -0.1) is 8.78 Å². The molecule has 1 N–H and O–H groups in total. The summed E-state index contributed by atoms with van der Waals surface area (Å²) in [5.74, 6) is -0.200. The topological polar surface area (TPSA) is 67.4 Å². The van der Waals surface area contributed by atoms with Crippen LogP contribution in [0, 0.1) is 11.7 Å². The first-order valence-electron chi connectivity index (χ1n) is 10.3. The minimum Gasteiger partial charge on any atom is -0.420 e. The van der Waals surface area contributed by atoms with E-state index >= 15 is 0 Å². The van der Waals surface area contributed by atoms with Gasteiger partial charge in [0.05, 0.1) is 11.8 Å². The Kier molecular flexibility index (Phi) is 6.86. The van der Waals surface area contributed by atoms with Gasteiger partial charge in [-0.3, -0.25) is 4.79 Å². The van der Waals surface area contributed by atoms with Crippen molar-refractivity contribution in [3.05, 3.63) is 65.3 Å². The van der Waals surface area contributed by atoms with Crippen molar-refractivity contribution >= 4 is 40.6 Å². The van der Waals surface area contributed by atoms with Crippen LogP contribution in [0.3, 0.4) is 0 Å². The SMILES string of the molecule is C[C@@H]1CCN(c2ncc(C(=O)Nc3ccc(OC(F)(F)Cl)cc3)cc2-c2cc(F)cnc2Cl)C1. The van der Waals surface area contributed by atoms with E-state index in [9.17, 15) is 18.0 Å². The first-order valence-corrected chi connectivity index (χ1v) is 11.1. The molecule has 2 aromatic heterocycles. The number of benzene rings is 1. The summed E-state index contributed by atoms with van der Waals surface area (Å²) in [6.45, 7) is 3.66. The molecule has 3 heterocycles. The van der Waals surface area contributed by atoms with Crippen molar-refractivity contribution < 1.29 is 22.7 Å². The number of carbonyl (C=O) groups excluding carboxylic acids is 1. The molecule has 1 aliphatic heterocycles. The maximum Gasteiger partial charge on any atom is 0.487 e. The number of hydrogen-bond donors (Lipinski definition) is 1. The summed E-state index contributed by atoms with van der Waals surface area (Å²) >= 11 is 11.0. The Bertz CT molecular complexity index is 1210. The second-order valence-corrected chi connectivity index (χ2v) is 8.75. The lowest BCUT2D eigenvalue weighted by Gasteiger charge is -2.21. The summed E-state index contributed by atoms with van der Waals surface area (Å²) in [5.41, 5.74) is -2.51. The Balaban J connectivity index is 1.63. The molecule has 6 nitrogen and oxygen atoms in total. The van der Waals surface area contributed by atoms with Crippen LogP contribution < -0.4 is 15.0 Å². The Labute approximate surface area is 203 Å². The highest BCUT2D eigenvalue weighted by atomic mass is 35.5. The number of amides is 1. The zero-order chi connectivity index (χ0) is 24.5. The molecule has 3 aromatic rings. The van der Waals surface area contributed by atoms with Crippen molar-refractivity contribution in [2.45, 2.75) is 18.9 Å². The van der Waals surface area contributed by atoms with Crippen LogP contribution in [0.5, 0.6) is 5.75 Å². The van der Waals surface area contributed by atoms with Gasteiger partial charge in [-0.25, -0.2) is 14.4 Å². The number of alkyl halides is 3. The van der Waals surface area contributed by atoms with Crippen molar-refractivity contribution in [1.82, 2.24) is 9.97 Å². The van der Waals surface area contributed by atoms with Crippen molar-refractivity contribution in [3.63, 3.8) is 0 Å². The molecule has 34 heavy (non-hydrogen) atoms. The molecule has 178 valence electrons. The van der Waals surface area contributed by atoms with Crippen LogP contribution in [0.25, 0.3) is 11.1 Å². The molecule has 11 heteroatoms. The third kappa shape index (κ3) is 5.71. The van der Waals surface area contributed by atoms with E-state index in [1.165, 1.54) is 36.5 Å². The highest BCUT2D eigenvalue weighted by Gasteiger charge is 2.28. The van der Waals surface area contributed by atoms with Gasteiger partial charge in [0.1, 0.15) is 22.5 Å². The molecular weight excluding hydrogens is 492 g/mol. The van der Waals surface area contributed by atoms with E-state index < -0.39 is 17.3 Å². The van der Waals surface area contributed by atoms with E-state index in [0.717, 1.165) is 25.7 Å². The van der Waals surface area contributed by atoms with Gasteiger partial charge >= 0.3 is 5.57 Å². The lowest BCUT2D eigenvalue weighted by Crippen LogP contribution is -2.22. The van der Waals surface area contributed by atoms with Crippen LogP contribution in [0.15, 0.2) is 48.8 Å². The highest BCUT2D eigenvalue weighted by molar-refractivity contribution is 6.32. The predicted molar refractivity (Wildman–Crippen MR) is 124 cm³/mol. The van der Waals surface area contributed by atoms with E-state index in [0.29, 0.717) is 28.6 Å². The number of nitrogens with one attached hydrogen (secondary N) is 1. The molecule has 0 spiro atoms. The van der Waals surface area contributed by atoms with Gasteiger partial charge < -0.3 is 15.0 Å². The summed E-state index contributed by atoms with van der Waals surface area (Å²) in [7, 11) is 0. The summed E-state index contributed by atoms with van der Waals surface area (Å²) in [6, 6.07) is 8.09.